The summed E-state index contributed by atoms with van der Waals surface area (Å²) in [5.74, 6) is -0.122. The van der Waals surface area contributed by atoms with E-state index in [1.54, 1.807) is 18.2 Å². The number of hydrogen-bond donors (Lipinski definition) is 2. The van der Waals surface area contributed by atoms with Gasteiger partial charge in [-0.1, -0.05) is 0 Å². The van der Waals surface area contributed by atoms with Gasteiger partial charge in [0.15, 0.2) is 0 Å². The Morgan fingerprint density at radius 1 is 1.12 bits per heavy atom. The molecule has 3 nitrogen and oxygen atoms in total. The predicted octanol–water partition coefficient (Wildman–Crippen LogP) is 2.79. The lowest BCUT2D eigenvalue weighted by molar-refractivity contribution is 0.416. The molecule has 0 aliphatic rings. The van der Waals surface area contributed by atoms with Crippen LogP contribution < -0.4 is 10.5 Å². The third kappa shape index (κ3) is 2.15. The van der Waals surface area contributed by atoms with Crippen LogP contribution in [0.3, 0.4) is 0 Å². The van der Waals surface area contributed by atoms with Crippen LogP contribution in [0.25, 0.3) is 11.1 Å². The van der Waals surface area contributed by atoms with Crippen LogP contribution in [0.5, 0.6) is 11.5 Å². The first-order chi connectivity index (χ1) is 8.11. The fourth-order valence-electron chi connectivity index (χ4n) is 1.65. The topological polar surface area (TPSA) is 55.5 Å². The number of benzene rings is 2. The number of phenolic OH excluding ortho intramolecular Hbond substituents is 1. The van der Waals surface area contributed by atoms with Crippen LogP contribution in [0.1, 0.15) is 0 Å². The molecule has 4 heteroatoms. The molecule has 88 valence electrons. The van der Waals surface area contributed by atoms with Gasteiger partial charge in [-0.15, -0.1) is 0 Å². The number of aromatic hydroxyl groups is 1. The first-order valence-corrected chi connectivity index (χ1v) is 5.04. The van der Waals surface area contributed by atoms with E-state index in [2.05, 4.69) is 0 Å². The molecule has 0 saturated heterocycles. The van der Waals surface area contributed by atoms with Crippen molar-refractivity contribution in [1.82, 2.24) is 0 Å². The van der Waals surface area contributed by atoms with Gasteiger partial charge in [-0.3, -0.25) is 0 Å². The van der Waals surface area contributed by atoms with Crippen LogP contribution in [-0.4, -0.2) is 12.2 Å². The van der Waals surface area contributed by atoms with Crippen LogP contribution in [0, 0.1) is 5.82 Å². The van der Waals surface area contributed by atoms with Crippen molar-refractivity contribution in [2.24, 2.45) is 0 Å². The summed E-state index contributed by atoms with van der Waals surface area (Å²) in [6, 6.07) is 8.97. The molecule has 0 bridgehead atoms. The van der Waals surface area contributed by atoms with E-state index in [0.717, 1.165) is 6.07 Å². The van der Waals surface area contributed by atoms with Crippen molar-refractivity contribution in [2.75, 3.05) is 12.8 Å². The maximum absolute atomic E-state index is 13.7. The van der Waals surface area contributed by atoms with Crippen LogP contribution in [-0.2, 0) is 0 Å². The van der Waals surface area contributed by atoms with Crippen molar-refractivity contribution in [3.8, 4) is 22.6 Å². The highest BCUT2D eigenvalue weighted by atomic mass is 19.1. The SMILES string of the molecule is COc1cc(N)ccc1-c1ccc(O)cc1F. The normalized spacial score (nSPS) is 10.2. The Hall–Kier alpha value is -2.23. The molecular formula is C13H12FNO2. The highest BCUT2D eigenvalue weighted by molar-refractivity contribution is 5.73. The third-order valence-corrected chi connectivity index (χ3v) is 2.47. The zero-order valence-electron chi connectivity index (χ0n) is 9.27. The van der Waals surface area contributed by atoms with Gasteiger partial charge >= 0.3 is 0 Å². The molecule has 0 aromatic heterocycles. The molecule has 0 radical (unpaired) electrons. The Morgan fingerprint density at radius 3 is 2.47 bits per heavy atom. The fourth-order valence-corrected chi connectivity index (χ4v) is 1.65. The Labute approximate surface area is 98.3 Å². The van der Waals surface area contributed by atoms with Crippen LogP contribution >= 0.6 is 0 Å². The van der Waals surface area contributed by atoms with E-state index < -0.39 is 5.82 Å². The minimum atomic E-state index is -0.506. The summed E-state index contributed by atoms with van der Waals surface area (Å²) in [6.07, 6.45) is 0. The lowest BCUT2D eigenvalue weighted by Crippen LogP contribution is -1.93. The van der Waals surface area contributed by atoms with Crippen molar-refractivity contribution in [3.05, 3.63) is 42.2 Å². The van der Waals surface area contributed by atoms with E-state index in [-0.39, 0.29) is 5.75 Å². The van der Waals surface area contributed by atoms with Gasteiger partial charge in [0.1, 0.15) is 17.3 Å². The number of nitrogens with two attached hydrogens (primary N) is 1. The smallest absolute Gasteiger partial charge is 0.134 e. The van der Waals surface area contributed by atoms with Gasteiger partial charge in [-0.25, -0.2) is 4.39 Å². The van der Waals surface area contributed by atoms with Gasteiger partial charge in [-0.2, -0.15) is 0 Å². The van der Waals surface area contributed by atoms with Gasteiger partial charge < -0.3 is 15.6 Å². The van der Waals surface area contributed by atoms with Crippen LogP contribution in [0.2, 0.25) is 0 Å². The van der Waals surface area contributed by atoms with Crippen molar-refractivity contribution in [2.45, 2.75) is 0 Å². The van der Waals surface area contributed by atoms with Gasteiger partial charge in [0.25, 0.3) is 0 Å². The van der Waals surface area contributed by atoms with Crippen molar-refractivity contribution < 1.29 is 14.2 Å². The number of hydrogen-bond acceptors (Lipinski definition) is 3. The number of phenols is 1. The van der Waals surface area contributed by atoms with Crippen molar-refractivity contribution in [1.29, 1.82) is 0 Å². The highest BCUT2D eigenvalue weighted by Gasteiger charge is 2.11. The van der Waals surface area contributed by atoms with Crippen LogP contribution in [0.4, 0.5) is 10.1 Å². The molecule has 17 heavy (non-hydrogen) atoms. The summed E-state index contributed by atoms with van der Waals surface area (Å²) >= 11 is 0. The second-order valence-corrected chi connectivity index (χ2v) is 3.62. The number of anilines is 1. The minimum absolute atomic E-state index is 0.110. The summed E-state index contributed by atoms with van der Waals surface area (Å²) in [7, 11) is 1.50. The molecule has 0 amide bonds. The number of halogens is 1. The molecular weight excluding hydrogens is 221 g/mol. The first kappa shape index (κ1) is 11.3. The van der Waals surface area contributed by atoms with E-state index in [9.17, 15) is 4.39 Å². The monoisotopic (exact) mass is 233 g/mol. The molecule has 2 aromatic carbocycles. The maximum Gasteiger partial charge on any atom is 0.134 e. The van der Waals surface area contributed by atoms with E-state index in [1.165, 1.54) is 19.2 Å². The third-order valence-electron chi connectivity index (χ3n) is 2.47. The molecule has 2 rings (SSSR count). The Kier molecular flexibility index (Phi) is 2.87. The lowest BCUT2D eigenvalue weighted by Gasteiger charge is -2.10. The summed E-state index contributed by atoms with van der Waals surface area (Å²) in [4.78, 5) is 0. The maximum atomic E-state index is 13.7. The summed E-state index contributed by atoms with van der Waals surface area (Å²) in [6.45, 7) is 0. The highest BCUT2D eigenvalue weighted by Crippen LogP contribution is 2.34. The first-order valence-electron chi connectivity index (χ1n) is 5.04. The van der Waals surface area contributed by atoms with Crippen molar-refractivity contribution in [3.63, 3.8) is 0 Å². The average Bonchev–Trinajstić information content (AvgIpc) is 2.30. The summed E-state index contributed by atoms with van der Waals surface area (Å²) in [5.41, 5.74) is 7.13. The molecule has 2 aromatic rings. The predicted molar refractivity (Wildman–Crippen MR) is 64.5 cm³/mol. The zero-order valence-corrected chi connectivity index (χ0v) is 9.27. The van der Waals surface area contributed by atoms with Gasteiger partial charge in [0.05, 0.1) is 7.11 Å². The van der Waals surface area contributed by atoms with Gasteiger partial charge in [0.2, 0.25) is 0 Å². The molecule has 0 unspecified atom stereocenters. The van der Waals surface area contributed by atoms with Gasteiger partial charge in [-0.05, 0) is 24.3 Å². The standard InChI is InChI=1S/C13H12FNO2/c1-17-13-6-8(15)2-4-11(13)10-5-3-9(16)7-12(10)14/h2-7,16H,15H2,1H3. The van der Waals surface area contributed by atoms with E-state index in [0.29, 0.717) is 22.6 Å². The number of nitrogen functional groups attached to an aromatic ring is 1. The quantitative estimate of drug-likeness (QED) is 0.784. The molecule has 0 aliphatic heterocycles. The van der Waals surface area contributed by atoms with Crippen molar-refractivity contribution >= 4 is 5.69 Å². The Morgan fingerprint density at radius 2 is 1.82 bits per heavy atom. The second kappa shape index (κ2) is 4.33. The molecule has 0 saturated carbocycles. The van der Waals surface area contributed by atoms with Crippen LogP contribution in [0.15, 0.2) is 36.4 Å². The average molecular weight is 233 g/mol. The lowest BCUT2D eigenvalue weighted by atomic mass is 10.0. The molecule has 0 atom stereocenters. The second-order valence-electron chi connectivity index (χ2n) is 3.62. The molecule has 0 spiro atoms. The van der Waals surface area contributed by atoms with Gasteiger partial charge in [0, 0.05) is 28.9 Å². The Bertz CT molecular complexity index is 555. The number of ether oxygens (including phenoxy) is 1. The summed E-state index contributed by atoms with van der Waals surface area (Å²) < 4.78 is 18.9. The number of rotatable bonds is 2. The summed E-state index contributed by atoms with van der Waals surface area (Å²) in [5, 5.41) is 9.16. The molecule has 0 heterocycles. The molecule has 3 N–H and O–H groups in total. The molecule has 0 fully saturated rings. The van der Waals surface area contributed by atoms with E-state index in [4.69, 9.17) is 15.6 Å². The van der Waals surface area contributed by atoms with E-state index in [1.807, 2.05) is 0 Å². The molecule has 0 aliphatic carbocycles. The largest absolute Gasteiger partial charge is 0.508 e. The Balaban J connectivity index is 2.60. The fraction of sp³-hybridized carbons (Fsp3) is 0.0769. The van der Waals surface area contributed by atoms with E-state index >= 15 is 0 Å². The minimum Gasteiger partial charge on any atom is -0.508 e. The zero-order chi connectivity index (χ0) is 12.4. The number of methoxy groups -OCH3 is 1.